The summed E-state index contributed by atoms with van der Waals surface area (Å²) in [5.41, 5.74) is 0.297. The van der Waals surface area contributed by atoms with Crippen LogP contribution in [-0.4, -0.2) is 22.0 Å². The first kappa shape index (κ1) is 9.65. The fourth-order valence-corrected chi connectivity index (χ4v) is 2.24. The minimum absolute atomic E-state index is 0.204. The zero-order chi connectivity index (χ0) is 8.59. The molecule has 1 aliphatic rings. The first-order chi connectivity index (χ1) is 5.04. The Hall–Kier alpha value is 0.560. The van der Waals surface area contributed by atoms with Gasteiger partial charge in [0.2, 0.25) is 0 Å². The molecule has 0 heterocycles. The molecule has 0 aromatic rings. The predicted octanol–water partition coefficient (Wildman–Crippen LogP) is 3.15. The zero-order valence-corrected chi connectivity index (χ0v) is 8.91. The Morgan fingerprint density at radius 3 is 2.45 bits per heavy atom. The van der Waals surface area contributed by atoms with Crippen molar-refractivity contribution < 1.29 is 8.78 Å². The molecule has 0 nitrogen and oxygen atoms in total. The molecule has 1 saturated carbocycles. The van der Waals surface area contributed by atoms with Crippen molar-refractivity contribution in [1.82, 2.24) is 0 Å². The van der Waals surface area contributed by atoms with Crippen molar-refractivity contribution >= 4 is 31.9 Å². The molecule has 0 amide bonds. The highest BCUT2D eigenvalue weighted by Crippen LogP contribution is 2.36. The molecule has 0 spiro atoms. The van der Waals surface area contributed by atoms with Crippen molar-refractivity contribution in [1.29, 1.82) is 0 Å². The Labute approximate surface area is 81.3 Å². The van der Waals surface area contributed by atoms with Crippen LogP contribution in [0, 0.1) is 0 Å². The lowest BCUT2D eigenvalue weighted by molar-refractivity contribution is 0.238. The molecule has 4 heteroatoms. The van der Waals surface area contributed by atoms with Crippen LogP contribution in [0.15, 0.2) is 12.2 Å². The Morgan fingerprint density at radius 2 is 1.91 bits per heavy atom. The van der Waals surface area contributed by atoms with E-state index in [0.29, 0.717) is 5.57 Å². The second kappa shape index (κ2) is 3.52. The monoisotopic (exact) mass is 288 g/mol. The van der Waals surface area contributed by atoms with Gasteiger partial charge >= 0.3 is 0 Å². The van der Waals surface area contributed by atoms with Crippen molar-refractivity contribution in [3.63, 3.8) is 0 Å². The maximum absolute atomic E-state index is 13.1. The summed E-state index contributed by atoms with van der Waals surface area (Å²) in [6, 6.07) is 0. The van der Waals surface area contributed by atoms with Gasteiger partial charge in [-0.2, -0.15) is 0 Å². The van der Waals surface area contributed by atoms with E-state index in [4.69, 9.17) is 0 Å². The van der Waals surface area contributed by atoms with Crippen LogP contribution >= 0.6 is 31.9 Å². The predicted molar refractivity (Wildman–Crippen MR) is 49.0 cm³/mol. The van der Waals surface area contributed by atoms with E-state index in [9.17, 15) is 8.78 Å². The summed E-state index contributed by atoms with van der Waals surface area (Å²) in [5.74, 6) is 0. The quantitative estimate of drug-likeness (QED) is 0.475. The molecule has 1 rings (SSSR count). The Bertz CT molecular complexity index is 156. The van der Waals surface area contributed by atoms with Gasteiger partial charge in [0.15, 0.2) is 0 Å². The number of allylic oxidation sites excluding steroid dienone is 1. The molecule has 4 atom stereocenters. The van der Waals surface area contributed by atoms with E-state index in [0.717, 1.165) is 0 Å². The standard InChI is InChI=1S/C7H8Br2F2/c1-3-6(9)5(10)2-4(8)7(3)11/h4-7H,1-2H2. The summed E-state index contributed by atoms with van der Waals surface area (Å²) in [4.78, 5) is -0.940. The van der Waals surface area contributed by atoms with E-state index >= 15 is 0 Å². The third-order valence-electron chi connectivity index (χ3n) is 1.79. The molecule has 1 fully saturated rings. The maximum atomic E-state index is 13.1. The molecular weight excluding hydrogens is 282 g/mol. The second-order valence-electron chi connectivity index (χ2n) is 2.65. The number of hydrogen-bond donors (Lipinski definition) is 0. The largest absolute Gasteiger partial charge is 0.246 e. The molecule has 0 aliphatic heterocycles. The summed E-state index contributed by atoms with van der Waals surface area (Å²) >= 11 is 6.12. The van der Waals surface area contributed by atoms with Crippen LogP contribution in [0.2, 0.25) is 0 Å². The van der Waals surface area contributed by atoms with E-state index in [2.05, 4.69) is 38.4 Å². The van der Waals surface area contributed by atoms with Crippen molar-refractivity contribution in [3.8, 4) is 0 Å². The lowest BCUT2D eigenvalue weighted by Gasteiger charge is -2.30. The lowest BCUT2D eigenvalue weighted by Crippen LogP contribution is -2.37. The molecule has 1 aliphatic carbocycles. The number of halogens is 4. The Kier molecular flexibility index (Phi) is 3.09. The van der Waals surface area contributed by atoms with Gasteiger partial charge in [-0.3, -0.25) is 0 Å². The number of rotatable bonds is 0. The maximum Gasteiger partial charge on any atom is 0.135 e. The molecule has 64 valence electrons. The highest BCUT2D eigenvalue weighted by molar-refractivity contribution is 9.10. The van der Waals surface area contributed by atoms with Gasteiger partial charge in [0.25, 0.3) is 0 Å². The third kappa shape index (κ3) is 1.83. The number of alkyl halides is 4. The minimum Gasteiger partial charge on any atom is -0.246 e. The molecule has 0 aromatic heterocycles. The summed E-state index contributed by atoms with van der Waals surface area (Å²) < 4.78 is 26.0. The van der Waals surface area contributed by atoms with Crippen LogP contribution in [0.25, 0.3) is 0 Å². The van der Waals surface area contributed by atoms with E-state index in [1.54, 1.807) is 0 Å². The molecule has 0 radical (unpaired) electrons. The first-order valence-corrected chi connectivity index (χ1v) is 5.12. The molecule has 0 N–H and O–H groups in total. The zero-order valence-electron chi connectivity index (χ0n) is 5.74. The van der Waals surface area contributed by atoms with Crippen molar-refractivity contribution in [3.05, 3.63) is 12.2 Å². The van der Waals surface area contributed by atoms with Crippen LogP contribution < -0.4 is 0 Å². The summed E-state index contributed by atoms with van der Waals surface area (Å²) in [7, 11) is 0. The first-order valence-electron chi connectivity index (χ1n) is 3.29. The molecule has 11 heavy (non-hydrogen) atoms. The highest BCUT2D eigenvalue weighted by Gasteiger charge is 2.37. The van der Waals surface area contributed by atoms with Gasteiger partial charge in [0, 0.05) is 0 Å². The molecule has 0 aromatic carbocycles. The molecular formula is C7H8Br2F2. The van der Waals surface area contributed by atoms with Crippen molar-refractivity contribution in [2.75, 3.05) is 0 Å². The van der Waals surface area contributed by atoms with Gasteiger partial charge in [0.05, 0.1) is 9.65 Å². The van der Waals surface area contributed by atoms with Gasteiger partial charge in [0.1, 0.15) is 12.3 Å². The molecule has 4 unspecified atom stereocenters. The summed E-state index contributed by atoms with van der Waals surface area (Å²) in [5, 5.41) is 0. The molecule has 0 bridgehead atoms. The highest BCUT2D eigenvalue weighted by atomic mass is 79.9. The summed E-state index contributed by atoms with van der Waals surface area (Å²) in [6.07, 6.45) is -1.96. The fraction of sp³-hybridized carbons (Fsp3) is 0.714. The van der Waals surface area contributed by atoms with E-state index in [1.165, 1.54) is 0 Å². The normalized spacial score (nSPS) is 46.0. The van der Waals surface area contributed by atoms with Crippen molar-refractivity contribution in [2.24, 2.45) is 0 Å². The van der Waals surface area contributed by atoms with Crippen LogP contribution in [0.5, 0.6) is 0 Å². The van der Waals surface area contributed by atoms with Gasteiger partial charge in [-0.15, -0.1) is 0 Å². The second-order valence-corrected chi connectivity index (χ2v) is 4.81. The van der Waals surface area contributed by atoms with E-state index in [1.807, 2.05) is 0 Å². The van der Waals surface area contributed by atoms with Gasteiger partial charge in [-0.1, -0.05) is 38.4 Å². The van der Waals surface area contributed by atoms with E-state index in [-0.39, 0.29) is 6.42 Å². The number of hydrogen-bond acceptors (Lipinski definition) is 0. The van der Waals surface area contributed by atoms with Crippen LogP contribution in [0.4, 0.5) is 8.78 Å². The van der Waals surface area contributed by atoms with Crippen LogP contribution in [0.3, 0.4) is 0 Å². The average Bonchev–Trinajstić information content (AvgIpc) is 1.97. The Morgan fingerprint density at radius 1 is 1.36 bits per heavy atom. The molecule has 0 saturated heterocycles. The minimum atomic E-state index is -1.13. The van der Waals surface area contributed by atoms with Gasteiger partial charge < -0.3 is 0 Å². The average molecular weight is 290 g/mol. The SMILES string of the molecule is C=C1C(F)C(Br)CC(F)C1Br. The fourth-order valence-electron chi connectivity index (χ4n) is 1.07. The third-order valence-corrected chi connectivity index (χ3v) is 3.79. The van der Waals surface area contributed by atoms with Gasteiger partial charge in [-0.05, 0) is 12.0 Å². The topological polar surface area (TPSA) is 0 Å². The summed E-state index contributed by atoms with van der Waals surface area (Å²) in [6.45, 7) is 3.49. The lowest BCUT2D eigenvalue weighted by atomic mass is 9.93. The van der Waals surface area contributed by atoms with Crippen molar-refractivity contribution in [2.45, 2.75) is 28.4 Å². The van der Waals surface area contributed by atoms with Crippen LogP contribution in [0.1, 0.15) is 6.42 Å². The van der Waals surface area contributed by atoms with Crippen LogP contribution in [-0.2, 0) is 0 Å². The smallest absolute Gasteiger partial charge is 0.135 e. The Balaban J connectivity index is 2.71. The van der Waals surface area contributed by atoms with Gasteiger partial charge in [-0.25, -0.2) is 8.78 Å². The van der Waals surface area contributed by atoms with E-state index < -0.39 is 22.0 Å².